The second-order valence-electron chi connectivity index (χ2n) is 6.90. The Kier molecular flexibility index (Phi) is 7.40. The fourth-order valence-electron chi connectivity index (χ4n) is 2.72. The van der Waals surface area contributed by atoms with Crippen LogP contribution in [0.5, 0.6) is 11.5 Å². The summed E-state index contributed by atoms with van der Waals surface area (Å²) in [5, 5.41) is 5.91. The van der Waals surface area contributed by atoms with Crippen LogP contribution in [0.2, 0.25) is 0 Å². The van der Waals surface area contributed by atoms with E-state index in [1.807, 2.05) is 74.5 Å². The summed E-state index contributed by atoms with van der Waals surface area (Å²) in [6.45, 7) is 4.34. The van der Waals surface area contributed by atoms with Crippen LogP contribution in [0.25, 0.3) is 0 Å². The van der Waals surface area contributed by atoms with E-state index in [1.54, 1.807) is 18.2 Å². The van der Waals surface area contributed by atoms with Crippen LogP contribution in [0, 0.1) is 0 Å². The van der Waals surface area contributed by atoms with E-state index in [1.165, 1.54) is 0 Å². The van der Waals surface area contributed by atoms with Gasteiger partial charge in [0, 0.05) is 17.3 Å². The Morgan fingerprint density at radius 2 is 1.67 bits per heavy atom. The Morgan fingerprint density at radius 1 is 0.933 bits per heavy atom. The first kappa shape index (κ1) is 21.3. The monoisotopic (exact) mass is 420 g/mol. The molecule has 0 aliphatic rings. The highest BCUT2D eigenvalue weighted by Crippen LogP contribution is 2.19. The van der Waals surface area contributed by atoms with E-state index >= 15 is 0 Å². The molecule has 0 aliphatic carbocycles. The third kappa shape index (κ3) is 6.60. The first-order valence-corrected chi connectivity index (χ1v) is 10.1. The van der Waals surface area contributed by atoms with Crippen molar-refractivity contribution in [2.75, 3.05) is 5.32 Å². The zero-order valence-corrected chi connectivity index (χ0v) is 17.7. The van der Waals surface area contributed by atoms with Gasteiger partial charge in [-0.2, -0.15) is 0 Å². The molecular formula is C24H24N2O3S. The summed E-state index contributed by atoms with van der Waals surface area (Å²) in [6.07, 6.45) is 0.0300. The van der Waals surface area contributed by atoms with Crippen LogP contribution < -0.4 is 20.1 Å². The van der Waals surface area contributed by atoms with E-state index in [-0.39, 0.29) is 17.1 Å². The van der Waals surface area contributed by atoms with Gasteiger partial charge in [0.15, 0.2) is 5.11 Å². The minimum atomic E-state index is -0.307. The Hall–Kier alpha value is -3.38. The maximum absolute atomic E-state index is 12.5. The molecule has 0 aliphatic heterocycles. The lowest BCUT2D eigenvalue weighted by atomic mass is 10.2. The molecule has 1 amide bonds. The van der Waals surface area contributed by atoms with Crippen molar-refractivity contribution in [2.45, 2.75) is 26.6 Å². The Bertz CT molecular complexity index is 1010. The first-order chi connectivity index (χ1) is 14.5. The molecule has 3 rings (SSSR count). The van der Waals surface area contributed by atoms with Crippen molar-refractivity contribution in [1.82, 2.24) is 5.32 Å². The summed E-state index contributed by atoms with van der Waals surface area (Å²) in [5.74, 6) is 1.04. The average Bonchev–Trinajstić information content (AvgIpc) is 2.73. The van der Waals surface area contributed by atoms with Gasteiger partial charge in [0.05, 0.1) is 6.10 Å². The molecule has 0 radical (unpaired) electrons. The van der Waals surface area contributed by atoms with Crippen LogP contribution in [-0.4, -0.2) is 17.1 Å². The van der Waals surface area contributed by atoms with Gasteiger partial charge in [-0.15, -0.1) is 0 Å². The van der Waals surface area contributed by atoms with Crippen molar-refractivity contribution in [3.8, 4) is 11.5 Å². The predicted octanol–water partition coefficient (Wildman–Crippen LogP) is 5.18. The minimum absolute atomic E-state index is 0.0300. The Morgan fingerprint density at radius 3 is 2.43 bits per heavy atom. The Balaban J connectivity index is 1.56. The van der Waals surface area contributed by atoms with Crippen molar-refractivity contribution in [3.63, 3.8) is 0 Å². The molecule has 154 valence electrons. The highest BCUT2D eigenvalue weighted by molar-refractivity contribution is 7.80. The lowest BCUT2D eigenvalue weighted by Gasteiger charge is -2.13. The van der Waals surface area contributed by atoms with Gasteiger partial charge in [-0.05, 0) is 62.0 Å². The van der Waals surface area contributed by atoms with Crippen molar-refractivity contribution in [1.29, 1.82) is 0 Å². The van der Waals surface area contributed by atoms with Crippen molar-refractivity contribution in [3.05, 3.63) is 90.0 Å². The lowest BCUT2D eigenvalue weighted by Crippen LogP contribution is -2.34. The maximum atomic E-state index is 12.5. The molecule has 0 fully saturated rings. The summed E-state index contributed by atoms with van der Waals surface area (Å²) in [6, 6.07) is 24.3. The zero-order chi connectivity index (χ0) is 21.3. The quantitative estimate of drug-likeness (QED) is 0.516. The van der Waals surface area contributed by atoms with Crippen LogP contribution in [-0.2, 0) is 6.61 Å². The van der Waals surface area contributed by atoms with Gasteiger partial charge in [0.1, 0.15) is 18.1 Å². The van der Waals surface area contributed by atoms with E-state index in [9.17, 15) is 4.79 Å². The smallest absolute Gasteiger partial charge is 0.257 e. The molecule has 30 heavy (non-hydrogen) atoms. The normalized spacial score (nSPS) is 10.4. The fourth-order valence-corrected chi connectivity index (χ4v) is 2.94. The van der Waals surface area contributed by atoms with Gasteiger partial charge in [-0.25, -0.2) is 0 Å². The van der Waals surface area contributed by atoms with E-state index in [4.69, 9.17) is 21.7 Å². The molecule has 2 N–H and O–H groups in total. The van der Waals surface area contributed by atoms with Crippen molar-refractivity contribution < 1.29 is 14.3 Å². The molecule has 5 nitrogen and oxygen atoms in total. The van der Waals surface area contributed by atoms with Crippen LogP contribution in [0.4, 0.5) is 5.69 Å². The van der Waals surface area contributed by atoms with Crippen molar-refractivity contribution >= 4 is 28.9 Å². The van der Waals surface area contributed by atoms with Crippen LogP contribution in [0.3, 0.4) is 0 Å². The first-order valence-electron chi connectivity index (χ1n) is 9.65. The highest BCUT2D eigenvalue weighted by Gasteiger charge is 2.10. The summed E-state index contributed by atoms with van der Waals surface area (Å²) in [7, 11) is 0. The number of nitrogens with one attached hydrogen (secondary N) is 2. The number of hydrogen-bond donors (Lipinski definition) is 2. The third-order valence-corrected chi connectivity index (χ3v) is 4.24. The van der Waals surface area contributed by atoms with Gasteiger partial charge in [-0.3, -0.25) is 10.1 Å². The molecule has 3 aromatic carbocycles. The van der Waals surface area contributed by atoms with Crippen LogP contribution in [0.15, 0.2) is 78.9 Å². The van der Waals surface area contributed by atoms with Gasteiger partial charge < -0.3 is 14.8 Å². The van der Waals surface area contributed by atoms with Crippen LogP contribution in [0.1, 0.15) is 29.8 Å². The molecule has 0 saturated heterocycles. The number of hydrogen-bond acceptors (Lipinski definition) is 4. The summed E-state index contributed by atoms with van der Waals surface area (Å²) in [5.41, 5.74) is 2.28. The fraction of sp³-hybridized carbons (Fsp3) is 0.167. The number of carbonyl (C=O) groups is 1. The van der Waals surface area contributed by atoms with E-state index in [2.05, 4.69) is 10.6 Å². The minimum Gasteiger partial charge on any atom is -0.491 e. The van der Waals surface area contributed by atoms with Gasteiger partial charge in [-0.1, -0.05) is 42.5 Å². The van der Waals surface area contributed by atoms with Gasteiger partial charge in [0.2, 0.25) is 0 Å². The van der Waals surface area contributed by atoms with E-state index < -0.39 is 0 Å². The number of benzene rings is 3. The van der Waals surface area contributed by atoms with Gasteiger partial charge >= 0.3 is 0 Å². The lowest BCUT2D eigenvalue weighted by molar-refractivity contribution is 0.0977. The summed E-state index contributed by atoms with van der Waals surface area (Å²) < 4.78 is 11.5. The number of amides is 1. The molecule has 0 bridgehead atoms. The molecule has 0 atom stereocenters. The number of thiocarbonyl (C=S) groups is 1. The number of ether oxygens (including phenoxy) is 2. The highest BCUT2D eigenvalue weighted by atomic mass is 32.1. The topological polar surface area (TPSA) is 59.6 Å². The maximum Gasteiger partial charge on any atom is 0.257 e. The standard InChI is InChI=1S/C24H24N2O3S/c1-17(2)29-22-13-6-10-19(14-22)23(27)26-24(30)25-20-11-7-12-21(15-20)28-16-18-8-4-3-5-9-18/h3-15,17H,16H2,1-2H3,(H2,25,26,27,30). The molecule has 0 spiro atoms. The van der Waals surface area contributed by atoms with E-state index in [0.717, 1.165) is 11.3 Å². The summed E-state index contributed by atoms with van der Waals surface area (Å²) >= 11 is 5.28. The average molecular weight is 421 g/mol. The third-order valence-electron chi connectivity index (χ3n) is 4.04. The second-order valence-corrected chi connectivity index (χ2v) is 7.31. The summed E-state index contributed by atoms with van der Waals surface area (Å²) in [4.78, 5) is 12.5. The number of carbonyl (C=O) groups excluding carboxylic acids is 1. The number of rotatable bonds is 7. The van der Waals surface area contributed by atoms with Gasteiger partial charge in [0.25, 0.3) is 5.91 Å². The predicted molar refractivity (Wildman–Crippen MR) is 123 cm³/mol. The Labute approximate surface area is 182 Å². The SMILES string of the molecule is CC(C)Oc1cccc(C(=O)NC(=S)Nc2cccc(OCc3ccccc3)c2)c1. The largest absolute Gasteiger partial charge is 0.491 e. The molecule has 0 heterocycles. The number of anilines is 1. The molecule has 3 aromatic rings. The van der Waals surface area contributed by atoms with E-state index in [0.29, 0.717) is 23.7 Å². The molecule has 6 heteroatoms. The second kappa shape index (κ2) is 10.4. The molecule has 0 aromatic heterocycles. The molecule has 0 unspecified atom stereocenters. The van der Waals surface area contributed by atoms with Crippen LogP contribution >= 0.6 is 12.2 Å². The zero-order valence-electron chi connectivity index (χ0n) is 16.9. The molecule has 0 saturated carbocycles. The molecular weight excluding hydrogens is 396 g/mol. The van der Waals surface area contributed by atoms with Crippen molar-refractivity contribution in [2.24, 2.45) is 0 Å².